The topological polar surface area (TPSA) is 37.7 Å². The average Bonchev–Trinajstić information content (AvgIpc) is 2.67. The van der Waals surface area contributed by atoms with E-state index in [4.69, 9.17) is 17.0 Å². The normalized spacial score (nSPS) is 16.0. The summed E-state index contributed by atoms with van der Waals surface area (Å²) in [7, 11) is 0. The highest BCUT2D eigenvalue weighted by Crippen LogP contribution is 2.14. The molecule has 27 heavy (non-hydrogen) atoms. The Morgan fingerprint density at radius 2 is 1.81 bits per heavy atom. The van der Waals surface area contributed by atoms with E-state index in [0.29, 0.717) is 11.7 Å². The van der Waals surface area contributed by atoms with Gasteiger partial charge in [0.15, 0.2) is 5.11 Å². The molecule has 6 heteroatoms. The molecule has 2 aromatic carbocycles. The van der Waals surface area contributed by atoms with Gasteiger partial charge < -0.3 is 20.3 Å². The van der Waals surface area contributed by atoms with E-state index in [-0.39, 0.29) is 11.9 Å². The monoisotopic (exact) mass is 388 g/mol. The first kappa shape index (κ1) is 19.7. The Balaban J connectivity index is 1.65. The van der Waals surface area contributed by atoms with Crippen LogP contribution in [0.5, 0.6) is 0 Å². The summed E-state index contributed by atoms with van der Waals surface area (Å²) in [5, 5.41) is 7.19. The molecule has 0 saturated carbocycles. The summed E-state index contributed by atoms with van der Waals surface area (Å²) in [5.74, 6) is -0.214. The van der Waals surface area contributed by atoms with Crippen LogP contribution in [0.15, 0.2) is 42.5 Å². The van der Waals surface area contributed by atoms with Crippen molar-refractivity contribution in [2.45, 2.75) is 19.9 Å². The average molecular weight is 389 g/mol. The van der Waals surface area contributed by atoms with Crippen molar-refractivity contribution < 1.29 is 14.0 Å². The molecule has 3 rings (SSSR count). The minimum absolute atomic E-state index is 0.189. The zero-order valence-corrected chi connectivity index (χ0v) is 16.7. The smallest absolute Gasteiger partial charge is 0.171 e. The highest BCUT2D eigenvalue weighted by atomic mass is 32.1. The first-order chi connectivity index (χ1) is 13.0. The molecular formula is C21H27FN3OS+. The predicted octanol–water partition coefficient (Wildman–Crippen LogP) is 2.39. The molecule has 2 aromatic rings. The second-order valence-electron chi connectivity index (χ2n) is 7.01. The van der Waals surface area contributed by atoms with Gasteiger partial charge in [-0.25, -0.2) is 4.39 Å². The van der Waals surface area contributed by atoms with Crippen LogP contribution in [0.2, 0.25) is 0 Å². The zero-order chi connectivity index (χ0) is 19.2. The van der Waals surface area contributed by atoms with Crippen LogP contribution in [0.1, 0.15) is 22.7 Å². The maximum atomic E-state index is 13.3. The van der Waals surface area contributed by atoms with Crippen LogP contribution < -0.4 is 15.5 Å². The maximum absolute atomic E-state index is 13.3. The Kier molecular flexibility index (Phi) is 6.77. The van der Waals surface area contributed by atoms with E-state index in [9.17, 15) is 4.39 Å². The Bertz CT molecular complexity index is 775. The molecule has 1 aliphatic rings. The fraction of sp³-hybridized carbons (Fsp3) is 0.381. The largest absolute Gasteiger partial charge is 0.370 e. The molecule has 0 unspecified atom stereocenters. The van der Waals surface area contributed by atoms with Crippen molar-refractivity contribution in [1.82, 2.24) is 5.32 Å². The lowest BCUT2D eigenvalue weighted by molar-refractivity contribution is -0.937. The number of halogens is 1. The minimum Gasteiger partial charge on any atom is -0.370 e. The van der Waals surface area contributed by atoms with E-state index >= 15 is 0 Å². The number of benzene rings is 2. The number of rotatable bonds is 5. The number of hydrogen-bond donors (Lipinski definition) is 3. The number of nitrogens with one attached hydrogen (secondary N) is 3. The van der Waals surface area contributed by atoms with Gasteiger partial charge in [-0.3, -0.25) is 0 Å². The molecule has 0 aromatic heterocycles. The first-order valence-electron chi connectivity index (χ1n) is 9.33. The summed E-state index contributed by atoms with van der Waals surface area (Å²) < 4.78 is 18.8. The van der Waals surface area contributed by atoms with Crippen molar-refractivity contribution in [3.63, 3.8) is 0 Å². The molecule has 0 bridgehead atoms. The van der Waals surface area contributed by atoms with Crippen molar-refractivity contribution in [3.05, 3.63) is 65.0 Å². The van der Waals surface area contributed by atoms with Crippen molar-refractivity contribution in [2.24, 2.45) is 0 Å². The number of aryl methyl sites for hydroxylation is 2. The van der Waals surface area contributed by atoms with Gasteiger partial charge in [-0.1, -0.05) is 18.2 Å². The van der Waals surface area contributed by atoms with Crippen molar-refractivity contribution in [2.75, 3.05) is 38.2 Å². The number of quaternary nitrogens is 1. The summed E-state index contributed by atoms with van der Waals surface area (Å²) in [6, 6.07) is 13.2. The van der Waals surface area contributed by atoms with Crippen LogP contribution >= 0.6 is 12.2 Å². The highest BCUT2D eigenvalue weighted by Gasteiger charge is 2.26. The molecule has 0 radical (unpaired) electrons. The number of hydrogen-bond acceptors (Lipinski definition) is 2. The third-order valence-corrected chi connectivity index (χ3v) is 5.38. The van der Waals surface area contributed by atoms with Gasteiger partial charge in [0.2, 0.25) is 0 Å². The van der Waals surface area contributed by atoms with Crippen LogP contribution in [0, 0.1) is 19.7 Å². The predicted molar refractivity (Wildman–Crippen MR) is 111 cm³/mol. The zero-order valence-electron chi connectivity index (χ0n) is 15.8. The van der Waals surface area contributed by atoms with E-state index < -0.39 is 0 Å². The molecule has 0 aliphatic carbocycles. The van der Waals surface area contributed by atoms with Gasteiger partial charge in [-0.2, -0.15) is 0 Å². The van der Waals surface area contributed by atoms with E-state index in [2.05, 4.69) is 36.6 Å². The quantitative estimate of drug-likeness (QED) is 0.688. The maximum Gasteiger partial charge on any atom is 0.171 e. The Morgan fingerprint density at radius 1 is 1.11 bits per heavy atom. The van der Waals surface area contributed by atoms with Crippen LogP contribution in [-0.2, 0) is 4.74 Å². The fourth-order valence-corrected chi connectivity index (χ4v) is 3.57. The fourth-order valence-electron chi connectivity index (χ4n) is 3.36. The standard InChI is InChI=1S/C21H26FN3OS/c1-15-3-8-19(13-16(15)2)24-21(27)23-14-20(25-9-11-26-12-10-25)17-4-6-18(22)7-5-17/h3-8,13,20H,9-12,14H2,1-2H3,(H2,23,24,27)/p+1/t20-/m1/s1. The molecule has 4 nitrogen and oxygen atoms in total. The van der Waals surface area contributed by atoms with E-state index in [1.807, 2.05) is 18.2 Å². The van der Waals surface area contributed by atoms with Gasteiger partial charge in [0.1, 0.15) is 24.9 Å². The van der Waals surface area contributed by atoms with Crippen LogP contribution in [0.4, 0.5) is 10.1 Å². The van der Waals surface area contributed by atoms with Crippen molar-refractivity contribution in [3.8, 4) is 0 Å². The van der Waals surface area contributed by atoms with E-state index in [0.717, 1.165) is 37.6 Å². The third-order valence-electron chi connectivity index (χ3n) is 5.13. The van der Waals surface area contributed by atoms with Crippen LogP contribution in [0.3, 0.4) is 0 Å². The van der Waals surface area contributed by atoms with Crippen molar-refractivity contribution >= 4 is 23.0 Å². The molecule has 0 amide bonds. The lowest BCUT2D eigenvalue weighted by Gasteiger charge is -2.32. The van der Waals surface area contributed by atoms with Gasteiger partial charge >= 0.3 is 0 Å². The van der Waals surface area contributed by atoms with Gasteiger partial charge in [0, 0.05) is 11.3 Å². The lowest BCUT2D eigenvalue weighted by atomic mass is 10.0. The van der Waals surface area contributed by atoms with Crippen molar-refractivity contribution in [1.29, 1.82) is 0 Å². The first-order valence-corrected chi connectivity index (χ1v) is 9.73. The Hall–Kier alpha value is -2.02. The molecule has 144 valence electrons. The summed E-state index contributed by atoms with van der Waals surface area (Å²) in [6.07, 6.45) is 0. The number of anilines is 1. The van der Waals surface area contributed by atoms with Gasteiger partial charge in [0.05, 0.1) is 19.8 Å². The van der Waals surface area contributed by atoms with Gasteiger partial charge in [-0.05, 0) is 61.5 Å². The molecule has 1 heterocycles. The second-order valence-corrected chi connectivity index (χ2v) is 7.42. The molecule has 1 saturated heterocycles. The second kappa shape index (κ2) is 9.26. The van der Waals surface area contributed by atoms with Gasteiger partial charge in [-0.15, -0.1) is 0 Å². The molecular weight excluding hydrogens is 361 g/mol. The third kappa shape index (κ3) is 5.48. The number of ether oxygens (including phenoxy) is 1. The molecule has 1 aliphatic heterocycles. The molecule has 0 spiro atoms. The molecule has 1 fully saturated rings. The van der Waals surface area contributed by atoms with E-state index in [1.54, 1.807) is 0 Å². The van der Waals surface area contributed by atoms with Crippen LogP contribution in [0.25, 0.3) is 0 Å². The highest BCUT2D eigenvalue weighted by molar-refractivity contribution is 7.80. The van der Waals surface area contributed by atoms with Crippen LogP contribution in [-0.4, -0.2) is 38.0 Å². The molecule has 3 N–H and O–H groups in total. The SMILES string of the molecule is Cc1ccc(NC(=S)NC[C@H](c2ccc(F)cc2)[NH+]2CCOCC2)cc1C. The van der Waals surface area contributed by atoms with Gasteiger partial charge in [0.25, 0.3) is 0 Å². The number of morpholine rings is 1. The molecule has 1 atom stereocenters. The minimum atomic E-state index is -0.214. The number of thiocarbonyl (C=S) groups is 1. The summed E-state index contributed by atoms with van der Waals surface area (Å²) in [6.45, 7) is 8.22. The Morgan fingerprint density at radius 3 is 2.48 bits per heavy atom. The lowest BCUT2D eigenvalue weighted by Crippen LogP contribution is -3.15. The summed E-state index contributed by atoms with van der Waals surface area (Å²) in [4.78, 5) is 1.43. The van der Waals surface area contributed by atoms with E-state index in [1.165, 1.54) is 28.2 Å². The summed E-state index contributed by atoms with van der Waals surface area (Å²) in [5.41, 5.74) is 4.57. The summed E-state index contributed by atoms with van der Waals surface area (Å²) >= 11 is 5.49. The Labute approximate surface area is 165 Å².